The van der Waals surface area contributed by atoms with E-state index in [4.69, 9.17) is 8.94 Å². The minimum absolute atomic E-state index is 0.106. The van der Waals surface area contributed by atoms with Gasteiger partial charge in [-0.05, 0) is 24.3 Å². The van der Waals surface area contributed by atoms with Crippen molar-refractivity contribution >= 4 is 22.9 Å². The van der Waals surface area contributed by atoms with E-state index in [1.165, 1.54) is 11.8 Å². The lowest BCUT2D eigenvalue weighted by molar-refractivity contribution is 0.419. The molecule has 7 heteroatoms. The first-order valence-electron chi connectivity index (χ1n) is 6.89. The molecule has 0 amide bonds. The molecule has 0 radical (unpaired) electrons. The van der Waals surface area contributed by atoms with Gasteiger partial charge in [0.15, 0.2) is 11.4 Å². The van der Waals surface area contributed by atoms with Gasteiger partial charge in [-0.2, -0.15) is 4.98 Å². The third-order valence-corrected chi connectivity index (χ3v) is 4.03. The average Bonchev–Trinajstić information content (AvgIpc) is 3.19. The zero-order valence-corrected chi connectivity index (χ0v) is 12.7. The van der Waals surface area contributed by atoms with Gasteiger partial charge in [-0.15, -0.1) is 0 Å². The van der Waals surface area contributed by atoms with E-state index in [1.807, 2.05) is 24.3 Å². The molecule has 0 unspecified atom stereocenters. The molecule has 0 saturated heterocycles. The fraction of sp³-hybridized carbons (Fsp3) is 0.0625. The van der Waals surface area contributed by atoms with E-state index in [0.29, 0.717) is 22.4 Å². The number of nitrogens with zero attached hydrogens (tertiary/aromatic N) is 3. The molecule has 4 rings (SSSR count). The fourth-order valence-electron chi connectivity index (χ4n) is 2.12. The van der Waals surface area contributed by atoms with Gasteiger partial charge in [0.1, 0.15) is 11.3 Å². The molecule has 114 valence electrons. The van der Waals surface area contributed by atoms with Crippen LogP contribution in [0.2, 0.25) is 0 Å². The minimum Gasteiger partial charge on any atom is -0.507 e. The van der Waals surface area contributed by atoms with Crippen LogP contribution in [0.25, 0.3) is 22.6 Å². The molecule has 1 N–H and O–H groups in total. The molecule has 0 fully saturated rings. The fourth-order valence-corrected chi connectivity index (χ4v) is 2.80. The zero-order valence-electron chi connectivity index (χ0n) is 11.8. The Morgan fingerprint density at radius 1 is 1.00 bits per heavy atom. The summed E-state index contributed by atoms with van der Waals surface area (Å²) in [4.78, 5) is 8.66. The third-order valence-electron chi connectivity index (χ3n) is 3.20. The summed E-state index contributed by atoms with van der Waals surface area (Å²) in [5.41, 5.74) is 2.08. The number of oxazole rings is 1. The van der Waals surface area contributed by atoms with Crippen molar-refractivity contribution in [3.05, 3.63) is 54.4 Å². The molecular weight excluding hydrogens is 314 g/mol. The first-order chi connectivity index (χ1) is 11.3. The van der Waals surface area contributed by atoms with Crippen LogP contribution in [0.15, 0.2) is 62.7 Å². The van der Waals surface area contributed by atoms with Crippen molar-refractivity contribution in [3.8, 4) is 17.2 Å². The predicted octanol–water partition coefficient (Wildman–Crippen LogP) is 3.88. The summed E-state index contributed by atoms with van der Waals surface area (Å²) in [5.74, 6) is 1.37. The molecule has 2 aromatic carbocycles. The Morgan fingerprint density at radius 2 is 1.83 bits per heavy atom. The zero-order chi connectivity index (χ0) is 15.6. The monoisotopic (exact) mass is 325 g/mol. The molecule has 0 atom stereocenters. The maximum atomic E-state index is 9.80. The van der Waals surface area contributed by atoms with E-state index in [1.54, 1.807) is 24.3 Å². The number of benzene rings is 2. The number of phenols is 1. The van der Waals surface area contributed by atoms with E-state index in [2.05, 4.69) is 15.1 Å². The number of fused-ring (bicyclic) bond motifs is 1. The molecule has 0 saturated carbocycles. The molecule has 0 aliphatic carbocycles. The molecule has 0 spiro atoms. The first-order valence-corrected chi connectivity index (χ1v) is 7.87. The number of hydrogen-bond acceptors (Lipinski definition) is 7. The number of hydrogen-bond donors (Lipinski definition) is 1. The Hall–Kier alpha value is -2.80. The van der Waals surface area contributed by atoms with Gasteiger partial charge in [-0.1, -0.05) is 41.2 Å². The van der Waals surface area contributed by atoms with E-state index in [-0.39, 0.29) is 11.6 Å². The summed E-state index contributed by atoms with van der Waals surface area (Å²) in [6.45, 7) is 0. The number of aromatic hydroxyl groups is 1. The Bertz CT molecular complexity index is 931. The van der Waals surface area contributed by atoms with E-state index in [9.17, 15) is 5.11 Å². The number of thioether (sulfide) groups is 1. The number of para-hydroxylation sites is 3. The van der Waals surface area contributed by atoms with Gasteiger partial charge in [-0.25, -0.2) is 4.98 Å². The summed E-state index contributed by atoms with van der Waals surface area (Å²) >= 11 is 1.39. The summed E-state index contributed by atoms with van der Waals surface area (Å²) in [5, 5.41) is 14.3. The first kappa shape index (κ1) is 13.8. The SMILES string of the molecule is Oc1ccccc1-c1nc(CSc2nc3ccccc3o2)no1. The lowest BCUT2D eigenvalue weighted by Crippen LogP contribution is -1.84. The van der Waals surface area contributed by atoms with Crippen LogP contribution >= 0.6 is 11.8 Å². The van der Waals surface area contributed by atoms with Gasteiger partial charge in [0.05, 0.1) is 11.3 Å². The lowest BCUT2D eigenvalue weighted by Gasteiger charge is -1.96. The number of rotatable bonds is 4. The van der Waals surface area contributed by atoms with E-state index < -0.39 is 0 Å². The molecule has 0 bridgehead atoms. The average molecular weight is 325 g/mol. The van der Waals surface area contributed by atoms with Crippen LogP contribution in [0.4, 0.5) is 0 Å². The maximum absolute atomic E-state index is 9.80. The van der Waals surface area contributed by atoms with Crippen LogP contribution < -0.4 is 0 Å². The van der Waals surface area contributed by atoms with E-state index >= 15 is 0 Å². The second-order valence-electron chi connectivity index (χ2n) is 4.77. The molecule has 2 aromatic heterocycles. The summed E-state index contributed by atoms with van der Waals surface area (Å²) < 4.78 is 10.8. The van der Waals surface area contributed by atoms with Crippen molar-refractivity contribution in [2.45, 2.75) is 11.0 Å². The van der Waals surface area contributed by atoms with Crippen LogP contribution in [0.1, 0.15) is 5.82 Å². The van der Waals surface area contributed by atoms with Crippen molar-refractivity contribution in [3.63, 3.8) is 0 Å². The van der Waals surface area contributed by atoms with Crippen LogP contribution in [0, 0.1) is 0 Å². The topological polar surface area (TPSA) is 85.2 Å². The van der Waals surface area contributed by atoms with Gasteiger partial charge in [0, 0.05) is 0 Å². The molecule has 2 heterocycles. The quantitative estimate of drug-likeness (QED) is 0.570. The molecular formula is C16H11N3O3S. The lowest BCUT2D eigenvalue weighted by atomic mass is 10.2. The smallest absolute Gasteiger partial charge is 0.261 e. The highest BCUT2D eigenvalue weighted by atomic mass is 32.2. The Morgan fingerprint density at radius 3 is 2.70 bits per heavy atom. The highest BCUT2D eigenvalue weighted by Gasteiger charge is 2.13. The highest BCUT2D eigenvalue weighted by molar-refractivity contribution is 7.98. The van der Waals surface area contributed by atoms with Gasteiger partial charge < -0.3 is 14.0 Å². The van der Waals surface area contributed by atoms with E-state index in [0.717, 1.165) is 11.1 Å². The molecule has 0 aliphatic heterocycles. The Kier molecular flexibility index (Phi) is 3.47. The van der Waals surface area contributed by atoms with Crippen molar-refractivity contribution in [1.82, 2.24) is 15.1 Å². The van der Waals surface area contributed by atoms with Crippen LogP contribution in [0.5, 0.6) is 5.75 Å². The standard InChI is InChI=1S/C16H11N3O3S/c20-12-7-3-1-5-10(12)15-18-14(19-22-15)9-23-16-17-11-6-2-4-8-13(11)21-16/h1-8,20H,9H2. The normalized spacial score (nSPS) is 11.1. The molecule has 23 heavy (non-hydrogen) atoms. The third kappa shape index (κ3) is 2.78. The summed E-state index contributed by atoms with van der Waals surface area (Å²) in [7, 11) is 0. The number of phenolic OH excluding ortho intramolecular Hbond substituents is 1. The summed E-state index contributed by atoms with van der Waals surface area (Å²) in [6, 6.07) is 14.4. The Labute approximate surface area is 135 Å². The second kappa shape index (κ2) is 5.77. The van der Waals surface area contributed by atoms with Crippen molar-refractivity contribution < 1.29 is 14.0 Å². The largest absolute Gasteiger partial charge is 0.507 e. The maximum Gasteiger partial charge on any atom is 0.261 e. The van der Waals surface area contributed by atoms with Crippen molar-refractivity contribution in [2.24, 2.45) is 0 Å². The van der Waals surface area contributed by atoms with Crippen LogP contribution in [0.3, 0.4) is 0 Å². The van der Waals surface area contributed by atoms with Crippen molar-refractivity contribution in [1.29, 1.82) is 0 Å². The minimum atomic E-state index is 0.106. The van der Waals surface area contributed by atoms with Gasteiger partial charge in [0.2, 0.25) is 0 Å². The molecule has 0 aliphatic rings. The van der Waals surface area contributed by atoms with Gasteiger partial charge >= 0.3 is 0 Å². The van der Waals surface area contributed by atoms with Crippen molar-refractivity contribution in [2.75, 3.05) is 0 Å². The summed E-state index contributed by atoms with van der Waals surface area (Å²) in [6.07, 6.45) is 0. The predicted molar refractivity (Wildman–Crippen MR) is 85.0 cm³/mol. The van der Waals surface area contributed by atoms with Crippen LogP contribution in [-0.4, -0.2) is 20.2 Å². The highest BCUT2D eigenvalue weighted by Crippen LogP contribution is 2.29. The van der Waals surface area contributed by atoms with Crippen LogP contribution in [-0.2, 0) is 5.75 Å². The second-order valence-corrected chi connectivity index (χ2v) is 5.70. The van der Waals surface area contributed by atoms with Gasteiger partial charge in [0.25, 0.3) is 11.1 Å². The molecule has 6 nitrogen and oxygen atoms in total. The molecule has 4 aromatic rings. The number of aromatic nitrogens is 3. The van der Waals surface area contributed by atoms with Gasteiger partial charge in [-0.3, -0.25) is 0 Å². The Balaban J connectivity index is 1.51.